The number of hydrogen-bond donors (Lipinski definition) is 1. The first-order chi connectivity index (χ1) is 13.6. The van der Waals surface area contributed by atoms with Gasteiger partial charge in [-0.05, 0) is 37.5 Å². The molecule has 28 heavy (non-hydrogen) atoms. The number of aromatic nitrogens is 5. The number of nitrogens with one attached hydrogen (secondary N) is 1. The van der Waals surface area contributed by atoms with Gasteiger partial charge < -0.3 is 10.2 Å². The third kappa shape index (κ3) is 3.83. The molecule has 0 unspecified atom stereocenters. The Morgan fingerprint density at radius 3 is 2.86 bits per heavy atom. The van der Waals surface area contributed by atoms with Crippen LogP contribution in [0.1, 0.15) is 18.4 Å². The first-order valence-corrected chi connectivity index (χ1v) is 9.09. The van der Waals surface area contributed by atoms with Gasteiger partial charge in [-0.2, -0.15) is 5.10 Å². The number of aryl methyl sites for hydroxylation is 1. The number of nitrogens with zero attached hydrogens (tertiary/aromatic N) is 6. The molecule has 1 saturated heterocycles. The number of carbonyl (C=O) groups excluding carboxylic acids is 1. The van der Waals surface area contributed by atoms with Gasteiger partial charge in [-0.3, -0.25) is 4.79 Å². The van der Waals surface area contributed by atoms with Crippen molar-refractivity contribution in [1.29, 1.82) is 0 Å². The van der Waals surface area contributed by atoms with Gasteiger partial charge in [-0.1, -0.05) is 6.07 Å². The molecule has 1 N–H and O–H groups in total. The number of halogens is 1. The van der Waals surface area contributed by atoms with Crippen LogP contribution in [0.4, 0.5) is 15.9 Å². The smallest absolute Gasteiger partial charge is 0.229 e. The average molecular weight is 381 g/mol. The van der Waals surface area contributed by atoms with Crippen LogP contribution < -0.4 is 10.2 Å². The number of carbonyl (C=O) groups is 1. The van der Waals surface area contributed by atoms with Crippen LogP contribution in [0.5, 0.6) is 0 Å². The average Bonchev–Trinajstić information content (AvgIpc) is 3.26. The van der Waals surface area contributed by atoms with Crippen LogP contribution in [0.15, 0.2) is 43.2 Å². The van der Waals surface area contributed by atoms with Gasteiger partial charge in [0.05, 0.1) is 5.92 Å². The van der Waals surface area contributed by atoms with Gasteiger partial charge in [0.25, 0.3) is 0 Å². The zero-order chi connectivity index (χ0) is 19.5. The molecule has 0 aliphatic carbocycles. The molecule has 1 fully saturated rings. The maximum absolute atomic E-state index is 13.7. The SMILES string of the molecule is Cc1ccc(NC(=O)[C@H]2CCCN(c3cc(-n4cncn4)ncn3)C2)cc1F. The third-order valence-electron chi connectivity index (χ3n) is 4.85. The highest BCUT2D eigenvalue weighted by Crippen LogP contribution is 2.24. The van der Waals surface area contributed by atoms with Gasteiger partial charge in [0.15, 0.2) is 5.82 Å². The second kappa shape index (κ2) is 7.71. The molecule has 3 heterocycles. The Labute approximate surface area is 161 Å². The molecule has 4 rings (SSSR count). The van der Waals surface area contributed by atoms with E-state index in [2.05, 4.69) is 30.3 Å². The minimum Gasteiger partial charge on any atom is -0.356 e. The summed E-state index contributed by atoms with van der Waals surface area (Å²) in [5.41, 5.74) is 1.02. The minimum atomic E-state index is -0.329. The molecule has 0 spiro atoms. The molecule has 1 amide bonds. The van der Waals surface area contributed by atoms with Crippen molar-refractivity contribution in [2.45, 2.75) is 19.8 Å². The lowest BCUT2D eigenvalue weighted by atomic mass is 9.97. The largest absolute Gasteiger partial charge is 0.356 e. The molecule has 0 saturated carbocycles. The monoisotopic (exact) mass is 381 g/mol. The van der Waals surface area contributed by atoms with E-state index in [4.69, 9.17) is 0 Å². The summed E-state index contributed by atoms with van der Waals surface area (Å²) >= 11 is 0. The molecular formula is C19H20FN7O. The Kier molecular flexibility index (Phi) is 4.96. The second-order valence-electron chi connectivity index (χ2n) is 6.81. The van der Waals surface area contributed by atoms with Crippen LogP contribution in [0.3, 0.4) is 0 Å². The number of rotatable bonds is 4. The fraction of sp³-hybridized carbons (Fsp3) is 0.316. The normalized spacial score (nSPS) is 16.8. The fourth-order valence-corrected chi connectivity index (χ4v) is 3.28. The predicted octanol–water partition coefficient (Wildman–Crippen LogP) is 2.36. The summed E-state index contributed by atoms with van der Waals surface area (Å²) in [5, 5.41) is 6.90. The quantitative estimate of drug-likeness (QED) is 0.746. The molecule has 8 nitrogen and oxygen atoms in total. The van der Waals surface area contributed by atoms with Gasteiger partial charge in [0.2, 0.25) is 5.91 Å². The first-order valence-electron chi connectivity index (χ1n) is 9.09. The van der Waals surface area contributed by atoms with Crippen LogP contribution in [-0.2, 0) is 4.79 Å². The van der Waals surface area contributed by atoms with E-state index in [1.807, 2.05) is 6.07 Å². The van der Waals surface area contributed by atoms with Crippen molar-refractivity contribution < 1.29 is 9.18 Å². The van der Waals surface area contributed by atoms with E-state index in [1.165, 1.54) is 18.7 Å². The highest BCUT2D eigenvalue weighted by Gasteiger charge is 2.27. The standard InChI is InChI=1S/C19H20FN7O/c1-13-4-5-15(7-16(13)20)25-19(28)14-3-2-6-26(9-14)17-8-18(23-11-22-17)27-12-21-10-24-27/h4-5,7-8,10-12,14H,2-3,6,9H2,1H3,(H,25,28)/t14-/m0/s1. The zero-order valence-corrected chi connectivity index (χ0v) is 15.4. The first kappa shape index (κ1) is 18.0. The zero-order valence-electron chi connectivity index (χ0n) is 15.4. The predicted molar refractivity (Wildman–Crippen MR) is 102 cm³/mol. The lowest BCUT2D eigenvalue weighted by molar-refractivity contribution is -0.120. The number of hydrogen-bond acceptors (Lipinski definition) is 6. The highest BCUT2D eigenvalue weighted by atomic mass is 19.1. The summed E-state index contributed by atoms with van der Waals surface area (Å²) in [6.45, 7) is 3.03. The van der Waals surface area contributed by atoms with E-state index in [1.54, 1.807) is 30.1 Å². The van der Waals surface area contributed by atoms with Crippen molar-refractivity contribution in [1.82, 2.24) is 24.7 Å². The van der Waals surface area contributed by atoms with Gasteiger partial charge in [-0.25, -0.2) is 24.0 Å². The van der Waals surface area contributed by atoms with Crippen molar-refractivity contribution in [3.05, 3.63) is 54.6 Å². The Morgan fingerprint density at radius 1 is 1.21 bits per heavy atom. The highest BCUT2D eigenvalue weighted by molar-refractivity contribution is 5.93. The molecule has 3 aromatic rings. The number of benzene rings is 1. The molecule has 0 radical (unpaired) electrons. The van der Waals surface area contributed by atoms with Gasteiger partial charge in [-0.15, -0.1) is 0 Å². The van der Waals surface area contributed by atoms with Gasteiger partial charge >= 0.3 is 0 Å². The van der Waals surface area contributed by atoms with Crippen molar-refractivity contribution >= 4 is 17.4 Å². The summed E-state index contributed by atoms with van der Waals surface area (Å²) in [5.74, 6) is 0.703. The number of anilines is 2. The second-order valence-corrected chi connectivity index (χ2v) is 6.81. The minimum absolute atomic E-state index is 0.112. The summed E-state index contributed by atoms with van der Waals surface area (Å²) in [4.78, 5) is 27.2. The fourth-order valence-electron chi connectivity index (χ4n) is 3.28. The van der Waals surface area contributed by atoms with Crippen molar-refractivity contribution in [2.75, 3.05) is 23.3 Å². The van der Waals surface area contributed by atoms with Crippen molar-refractivity contribution in [3.8, 4) is 5.82 Å². The molecule has 1 aliphatic rings. The topological polar surface area (TPSA) is 88.8 Å². The summed E-state index contributed by atoms with van der Waals surface area (Å²) in [6, 6.07) is 6.55. The summed E-state index contributed by atoms with van der Waals surface area (Å²) < 4.78 is 15.3. The van der Waals surface area contributed by atoms with Crippen LogP contribution in [0.2, 0.25) is 0 Å². The molecule has 144 valence electrons. The van der Waals surface area contributed by atoms with Crippen LogP contribution >= 0.6 is 0 Å². The third-order valence-corrected chi connectivity index (χ3v) is 4.85. The van der Waals surface area contributed by atoms with Crippen molar-refractivity contribution in [2.24, 2.45) is 5.92 Å². The Balaban J connectivity index is 1.46. The molecule has 1 aliphatic heterocycles. The van der Waals surface area contributed by atoms with Crippen molar-refractivity contribution in [3.63, 3.8) is 0 Å². The van der Waals surface area contributed by atoms with Crippen LogP contribution in [-0.4, -0.2) is 43.7 Å². The number of piperidine rings is 1. The molecule has 9 heteroatoms. The Bertz CT molecular complexity index is 976. The molecule has 1 aromatic carbocycles. The van der Waals surface area contributed by atoms with E-state index >= 15 is 0 Å². The lowest BCUT2D eigenvalue weighted by Gasteiger charge is -2.32. The van der Waals surface area contributed by atoms with E-state index < -0.39 is 0 Å². The maximum atomic E-state index is 13.7. The number of amides is 1. The Morgan fingerprint density at radius 2 is 2.07 bits per heavy atom. The molecule has 1 atom stereocenters. The van der Waals surface area contributed by atoms with E-state index in [0.717, 1.165) is 25.2 Å². The van der Waals surface area contributed by atoms with E-state index in [-0.39, 0.29) is 17.6 Å². The van der Waals surface area contributed by atoms with E-state index in [9.17, 15) is 9.18 Å². The summed E-state index contributed by atoms with van der Waals surface area (Å²) in [6.07, 6.45) is 6.13. The Hall–Kier alpha value is -3.36. The molecular weight excluding hydrogens is 361 g/mol. The van der Waals surface area contributed by atoms with Gasteiger partial charge in [0, 0.05) is 24.8 Å². The lowest BCUT2D eigenvalue weighted by Crippen LogP contribution is -2.41. The van der Waals surface area contributed by atoms with E-state index in [0.29, 0.717) is 23.6 Å². The van der Waals surface area contributed by atoms with Crippen LogP contribution in [0, 0.1) is 18.7 Å². The van der Waals surface area contributed by atoms with Gasteiger partial charge in [0.1, 0.15) is 30.6 Å². The maximum Gasteiger partial charge on any atom is 0.229 e. The molecule has 2 aromatic heterocycles. The molecule has 0 bridgehead atoms. The summed E-state index contributed by atoms with van der Waals surface area (Å²) in [7, 11) is 0. The van der Waals surface area contributed by atoms with Crippen LogP contribution in [0.25, 0.3) is 5.82 Å².